The minimum Gasteiger partial charge on any atom is -0.497 e. The Hall–Kier alpha value is -2.79. The number of aliphatic carboxylic acids is 1. The summed E-state index contributed by atoms with van der Waals surface area (Å²) in [5.41, 5.74) is 2.78. The Morgan fingerprint density at radius 1 is 1.03 bits per heavy atom. The Balaban J connectivity index is 1.66. The van der Waals surface area contributed by atoms with Gasteiger partial charge in [-0.25, -0.2) is 4.79 Å². The second-order valence-corrected chi connectivity index (χ2v) is 11.0. The highest BCUT2D eigenvalue weighted by molar-refractivity contribution is 6.17. The molecule has 5 nitrogen and oxygen atoms in total. The monoisotopic (exact) mass is 476 g/mol. The molecule has 4 bridgehead atoms. The van der Waals surface area contributed by atoms with Crippen molar-refractivity contribution >= 4 is 22.3 Å². The summed E-state index contributed by atoms with van der Waals surface area (Å²) >= 11 is 0. The number of carboxylic acid groups (broad SMARTS) is 1. The van der Waals surface area contributed by atoms with Crippen molar-refractivity contribution in [2.75, 3.05) is 14.2 Å². The van der Waals surface area contributed by atoms with Crippen LogP contribution in [0.3, 0.4) is 0 Å². The van der Waals surface area contributed by atoms with E-state index in [9.17, 15) is 9.90 Å². The number of methoxy groups -OCH3 is 2. The lowest BCUT2D eigenvalue weighted by molar-refractivity contribution is -0.130. The van der Waals surface area contributed by atoms with Gasteiger partial charge >= 0.3 is 5.97 Å². The minimum absolute atomic E-state index is 0.132. The van der Waals surface area contributed by atoms with E-state index in [2.05, 4.69) is 18.7 Å². The summed E-state index contributed by atoms with van der Waals surface area (Å²) in [4.78, 5) is 12.2. The Labute approximate surface area is 207 Å². The SMILES string of the molecule is C=C(OC)C(C)=C(C(=O)O)c1ccc2cc(OC(C)OC)c(C34CC5CC(CC(C5)C3)C4)cc2c1. The van der Waals surface area contributed by atoms with Gasteiger partial charge in [-0.2, -0.15) is 0 Å². The Bertz CT molecular complexity index is 1170. The first-order chi connectivity index (χ1) is 16.7. The smallest absolute Gasteiger partial charge is 0.336 e. The van der Waals surface area contributed by atoms with Crippen molar-refractivity contribution in [2.45, 2.75) is 64.1 Å². The highest BCUT2D eigenvalue weighted by Gasteiger charge is 2.52. The van der Waals surface area contributed by atoms with E-state index < -0.39 is 5.97 Å². The molecule has 1 unspecified atom stereocenters. The molecule has 0 aliphatic heterocycles. The van der Waals surface area contributed by atoms with Crippen LogP contribution >= 0.6 is 0 Å². The van der Waals surface area contributed by atoms with Crippen LogP contribution < -0.4 is 4.74 Å². The van der Waals surface area contributed by atoms with Crippen LogP contribution in [0.25, 0.3) is 16.3 Å². The lowest BCUT2D eigenvalue weighted by atomic mass is 9.48. The molecule has 1 atom stereocenters. The number of rotatable bonds is 8. The van der Waals surface area contributed by atoms with Crippen molar-refractivity contribution in [1.29, 1.82) is 0 Å². The van der Waals surface area contributed by atoms with Crippen LogP contribution in [-0.2, 0) is 19.7 Å². The molecule has 0 aromatic heterocycles. The molecule has 0 heterocycles. The lowest BCUT2D eigenvalue weighted by Crippen LogP contribution is -2.48. The highest BCUT2D eigenvalue weighted by atomic mass is 16.7. The van der Waals surface area contributed by atoms with Gasteiger partial charge in [0.2, 0.25) is 0 Å². The number of benzene rings is 2. The average molecular weight is 477 g/mol. The first kappa shape index (κ1) is 23.9. The van der Waals surface area contributed by atoms with Gasteiger partial charge in [0.1, 0.15) is 11.5 Å². The second-order valence-electron chi connectivity index (χ2n) is 11.0. The number of carboxylic acids is 1. The molecule has 6 rings (SSSR count). The fourth-order valence-corrected chi connectivity index (χ4v) is 7.40. The Morgan fingerprint density at radius 3 is 2.20 bits per heavy atom. The van der Waals surface area contributed by atoms with Crippen molar-refractivity contribution in [3.63, 3.8) is 0 Å². The molecule has 35 heavy (non-hydrogen) atoms. The van der Waals surface area contributed by atoms with Crippen molar-refractivity contribution in [2.24, 2.45) is 17.8 Å². The van der Waals surface area contributed by atoms with Gasteiger partial charge in [-0.15, -0.1) is 0 Å². The predicted octanol–water partition coefficient (Wildman–Crippen LogP) is 6.70. The molecule has 0 saturated heterocycles. The third-order valence-electron chi connectivity index (χ3n) is 8.72. The van der Waals surface area contributed by atoms with Crippen LogP contribution in [0.4, 0.5) is 0 Å². The summed E-state index contributed by atoms with van der Waals surface area (Å²) in [6, 6.07) is 10.2. The zero-order valence-electron chi connectivity index (χ0n) is 21.2. The van der Waals surface area contributed by atoms with Gasteiger partial charge in [-0.1, -0.05) is 18.7 Å². The summed E-state index contributed by atoms with van der Waals surface area (Å²) in [7, 11) is 3.17. The zero-order chi connectivity index (χ0) is 24.9. The first-order valence-corrected chi connectivity index (χ1v) is 12.7. The maximum Gasteiger partial charge on any atom is 0.336 e. The maximum absolute atomic E-state index is 12.2. The third-order valence-corrected chi connectivity index (χ3v) is 8.72. The number of fused-ring (bicyclic) bond motifs is 1. The van der Waals surface area contributed by atoms with Crippen LogP contribution in [0.2, 0.25) is 0 Å². The van der Waals surface area contributed by atoms with E-state index in [1.807, 2.05) is 25.1 Å². The minimum atomic E-state index is -0.991. The van der Waals surface area contributed by atoms with E-state index >= 15 is 0 Å². The third kappa shape index (κ3) is 4.24. The molecule has 2 aromatic rings. The molecule has 0 radical (unpaired) electrons. The van der Waals surface area contributed by atoms with E-state index in [4.69, 9.17) is 14.2 Å². The molecule has 4 fully saturated rings. The number of ether oxygens (including phenoxy) is 3. The van der Waals surface area contributed by atoms with Crippen LogP contribution in [0, 0.1) is 17.8 Å². The van der Waals surface area contributed by atoms with Gasteiger partial charge in [0.05, 0.1) is 12.7 Å². The van der Waals surface area contributed by atoms with Crippen LogP contribution in [0.1, 0.15) is 63.5 Å². The molecular weight excluding hydrogens is 440 g/mol. The summed E-state index contributed by atoms with van der Waals surface area (Å²) < 4.78 is 17.0. The van der Waals surface area contributed by atoms with Crippen LogP contribution in [0.15, 0.2) is 48.2 Å². The summed E-state index contributed by atoms with van der Waals surface area (Å²) in [6.45, 7) is 7.52. The van der Waals surface area contributed by atoms with Gasteiger partial charge in [0.15, 0.2) is 6.29 Å². The van der Waals surface area contributed by atoms with E-state index in [-0.39, 0.29) is 17.3 Å². The predicted molar refractivity (Wildman–Crippen MR) is 137 cm³/mol. The molecule has 4 aliphatic rings. The number of carbonyl (C=O) groups is 1. The largest absolute Gasteiger partial charge is 0.497 e. The molecule has 5 heteroatoms. The fourth-order valence-electron chi connectivity index (χ4n) is 7.40. The van der Waals surface area contributed by atoms with Crippen LogP contribution in [-0.4, -0.2) is 31.6 Å². The number of allylic oxidation sites excluding steroid dienone is 1. The second kappa shape index (κ2) is 9.02. The standard InChI is InChI=1S/C30H36O5/c1-17(18(2)33-4)28(29(31)32)24-7-6-23-13-27(35-19(3)34-5)26(12-25(23)11-24)30-14-20-8-21(15-30)10-22(9-20)16-30/h6-7,11-13,19-22H,2,8-10,14-16H2,1,3-5H3,(H,31,32). The molecule has 0 spiro atoms. The van der Waals surface area contributed by atoms with E-state index in [1.165, 1.54) is 51.2 Å². The van der Waals surface area contributed by atoms with Crippen molar-refractivity contribution in [3.8, 4) is 5.75 Å². The average Bonchev–Trinajstić information content (AvgIpc) is 2.82. The van der Waals surface area contributed by atoms with E-state index in [0.717, 1.165) is 34.3 Å². The van der Waals surface area contributed by atoms with Gasteiger partial charge in [-0.3, -0.25) is 0 Å². The molecule has 4 saturated carbocycles. The number of hydrogen-bond acceptors (Lipinski definition) is 4. The number of hydrogen-bond donors (Lipinski definition) is 1. The molecular formula is C30H36O5. The summed E-state index contributed by atoms with van der Waals surface area (Å²) in [5, 5.41) is 12.1. The Morgan fingerprint density at radius 2 is 1.66 bits per heavy atom. The summed E-state index contributed by atoms with van der Waals surface area (Å²) in [5.74, 6) is 2.68. The van der Waals surface area contributed by atoms with Gasteiger partial charge in [0.25, 0.3) is 0 Å². The van der Waals surface area contributed by atoms with Crippen LogP contribution in [0.5, 0.6) is 5.75 Å². The molecule has 2 aromatic carbocycles. The van der Waals surface area contributed by atoms with Crippen molar-refractivity contribution in [3.05, 3.63) is 59.4 Å². The van der Waals surface area contributed by atoms with Crippen molar-refractivity contribution in [1.82, 2.24) is 0 Å². The van der Waals surface area contributed by atoms with Gasteiger partial charge in [-0.05, 0) is 110 Å². The van der Waals surface area contributed by atoms with E-state index in [1.54, 1.807) is 14.0 Å². The zero-order valence-corrected chi connectivity index (χ0v) is 21.2. The topological polar surface area (TPSA) is 65.0 Å². The molecule has 186 valence electrons. The quantitative estimate of drug-likeness (QED) is 0.199. The normalized spacial score (nSPS) is 28.5. The lowest BCUT2D eigenvalue weighted by Gasteiger charge is -2.57. The van der Waals surface area contributed by atoms with E-state index in [0.29, 0.717) is 16.9 Å². The molecule has 0 amide bonds. The Kier molecular flexibility index (Phi) is 6.16. The molecule has 4 aliphatic carbocycles. The summed E-state index contributed by atoms with van der Waals surface area (Å²) in [6.07, 6.45) is 7.42. The van der Waals surface area contributed by atoms with Gasteiger partial charge in [0, 0.05) is 18.2 Å². The first-order valence-electron chi connectivity index (χ1n) is 12.7. The maximum atomic E-state index is 12.2. The van der Waals surface area contributed by atoms with Gasteiger partial charge < -0.3 is 19.3 Å². The molecule has 1 N–H and O–H groups in total. The fraction of sp³-hybridized carbons (Fsp3) is 0.500. The highest BCUT2D eigenvalue weighted by Crippen LogP contribution is 2.62. The van der Waals surface area contributed by atoms with Crippen molar-refractivity contribution < 1.29 is 24.1 Å².